The van der Waals surface area contributed by atoms with Gasteiger partial charge in [-0.25, -0.2) is 0 Å². The number of benzene rings is 1. The quantitative estimate of drug-likeness (QED) is 0.893. The fourth-order valence-corrected chi connectivity index (χ4v) is 2.70. The largest absolute Gasteiger partial charge is 0.378 e. The molecule has 1 aliphatic rings. The number of nitrogens with zero attached hydrogens (tertiary/aromatic N) is 1. The van der Waals surface area contributed by atoms with Crippen LogP contribution < -0.4 is 5.32 Å². The minimum absolute atomic E-state index is 0.471. The Kier molecular flexibility index (Phi) is 3.76. The van der Waals surface area contributed by atoms with Crippen LogP contribution in [0.4, 0.5) is 0 Å². The van der Waals surface area contributed by atoms with Crippen LogP contribution in [0.1, 0.15) is 25.3 Å². The lowest BCUT2D eigenvalue weighted by molar-refractivity contribution is -0.0102. The zero-order valence-electron chi connectivity index (χ0n) is 11.3. The first kappa shape index (κ1) is 12.6. The number of fused-ring (bicyclic) bond motifs is 1. The summed E-state index contributed by atoms with van der Waals surface area (Å²) in [6.45, 7) is 3.81. The van der Waals surface area contributed by atoms with Crippen LogP contribution in [0.3, 0.4) is 0 Å². The van der Waals surface area contributed by atoms with E-state index in [-0.39, 0.29) is 0 Å². The Bertz CT molecular complexity index is 544. The minimum Gasteiger partial charge on any atom is -0.378 e. The van der Waals surface area contributed by atoms with Gasteiger partial charge in [0.25, 0.3) is 0 Å². The zero-order chi connectivity index (χ0) is 13.1. The maximum atomic E-state index is 5.58. The van der Waals surface area contributed by atoms with Crippen LogP contribution in [-0.2, 0) is 11.3 Å². The van der Waals surface area contributed by atoms with Gasteiger partial charge in [0.2, 0.25) is 0 Å². The summed E-state index contributed by atoms with van der Waals surface area (Å²) in [5.74, 6) is 0. The molecule has 1 aromatic heterocycles. The van der Waals surface area contributed by atoms with E-state index in [1.807, 2.05) is 12.4 Å². The molecule has 1 fully saturated rings. The lowest BCUT2D eigenvalue weighted by Gasteiger charge is -2.35. The summed E-state index contributed by atoms with van der Waals surface area (Å²) in [5, 5.41) is 6.12. The molecule has 0 bridgehead atoms. The molecule has 0 spiro atoms. The van der Waals surface area contributed by atoms with Crippen LogP contribution in [-0.4, -0.2) is 23.7 Å². The van der Waals surface area contributed by atoms with Gasteiger partial charge in [0.05, 0.1) is 6.10 Å². The number of hydrogen-bond acceptors (Lipinski definition) is 3. The van der Waals surface area contributed by atoms with E-state index in [0.717, 1.165) is 26.0 Å². The van der Waals surface area contributed by atoms with Crippen molar-refractivity contribution in [2.45, 2.75) is 38.5 Å². The van der Waals surface area contributed by atoms with Gasteiger partial charge in [-0.15, -0.1) is 0 Å². The molecule has 1 saturated carbocycles. The molecule has 100 valence electrons. The van der Waals surface area contributed by atoms with Gasteiger partial charge in [0, 0.05) is 37.0 Å². The Labute approximate surface area is 114 Å². The maximum absolute atomic E-state index is 5.58. The van der Waals surface area contributed by atoms with Gasteiger partial charge in [-0.2, -0.15) is 0 Å². The SMILES string of the molecule is CCOC1CC(NCc2cccc3cnccc23)C1. The predicted molar refractivity (Wildman–Crippen MR) is 77.0 cm³/mol. The van der Waals surface area contributed by atoms with E-state index in [9.17, 15) is 0 Å². The van der Waals surface area contributed by atoms with Crippen LogP contribution in [0.5, 0.6) is 0 Å². The second-order valence-corrected chi connectivity index (χ2v) is 5.14. The molecule has 0 saturated heterocycles. The summed E-state index contributed by atoms with van der Waals surface area (Å²) in [7, 11) is 0. The van der Waals surface area contributed by atoms with E-state index in [4.69, 9.17) is 4.74 Å². The normalized spacial score (nSPS) is 22.4. The van der Waals surface area contributed by atoms with Gasteiger partial charge in [0.1, 0.15) is 0 Å². The van der Waals surface area contributed by atoms with Crippen LogP contribution >= 0.6 is 0 Å². The average molecular weight is 256 g/mol. The van der Waals surface area contributed by atoms with Crippen molar-refractivity contribution in [1.82, 2.24) is 10.3 Å². The second kappa shape index (κ2) is 5.68. The summed E-state index contributed by atoms with van der Waals surface area (Å²) in [6, 6.07) is 9.10. The number of aromatic nitrogens is 1. The molecule has 0 aliphatic heterocycles. The van der Waals surface area contributed by atoms with Crippen LogP contribution in [0, 0.1) is 0 Å². The van der Waals surface area contributed by atoms with Gasteiger partial charge in [0.15, 0.2) is 0 Å². The monoisotopic (exact) mass is 256 g/mol. The molecule has 0 radical (unpaired) electrons. The highest BCUT2D eigenvalue weighted by Gasteiger charge is 2.28. The van der Waals surface area contributed by atoms with E-state index in [1.165, 1.54) is 16.3 Å². The highest BCUT2D eigenvalue weighted by Crippen LogP contribution is 2.24. The highest BCUT2D eigenvalue weighted by atomic mass is 16.5. The third-order valence-corrected chi connectivity index (χ3v) is 3.85. The first-order chi connectivity index (χ1) is 9.36. The van der Waals surface area contributed by atoms with Crippen molar-refractivity contribution >= 4 is 10.8 Å². The van der Waals surface area contributed by atoms with Crippen molar-refractivity contribution < 1.29 is 4.74 Å². The molecule has 19 heavy (non-hydrogen) atoms. The van der Waals surface area contributed by atoms with Gasteiger partial charge < -0.3 is 10.1 Å². The molecular weight excluding hydrogens is 236 g/mol. The summed E-state index contributed by atoms with van der Waals surface area (Å²) in [6.07, 6.45) is 6.53. The Morgan fingerprint density at radius 1 is 1.32 bits per heavy atom. The molecule has 0 atom stereocenters. The number of hydrogen-bond donors (Lipinski definition) is 1. The molecule has 1 aliphatic carbocycles. The molecule has 3 rings (SSSR count). The molecular formula is C16H20N2O. The second-order valence-electron chi connectivity index (χ2n) is 5.14. The number of pyridine rings is 1. The van der Waals surface area contributed by atoms with E-state index >= 15 is 0 Å². The molecule has 2 aromatic rings. The Morgan fingerprint density at radius 2 is 2.21 bits per heavy atom. The maximum Gasteiger partial charge on any atom is 0.0604 e. The first-order valence-corrected chi connectivity index (χ1v) is 7.03. The summed E-state index contributed by atoms with van der Waals surface area (Å²) in [5.41, 5.74) is 1.35. The summed E-state index contributed by atoms with van der Waals surface area (Å²) in [4.78, 5) is 4.17. The summed E-state index contributed by atoms with van der Waals surface area (Å²) >= 11 is 0. The fraction of sp³-hybridized carbons (Fsp3) is 0.438. The fourth-order valence-electron chi connectivity index (χ4n) is 2.70. The molecule has 3 heteroatoms. The van der Waals surface area contributed by atoms with Crippen LogP contribution in [0.2, 0.25) is 0 Å². The molecule has 1 N–H and O–H groups in total. The highest BCUT2D eigenvalue weighted by molar-refractivity contribution is 5.84. The number of nitrogens with one attached hydrogen (secondary N) is 1. The summed E-state index contributed by atoms with van der Waals surface area (Å²) < 4.78 is 5.58. The Balaban J connectivity index is 1.60. The molecule has 1 heterocycles. The topological polar surface area (TPSA) is 34.1 Å². The van der Waals surface area contributed by atoms with Crippen LogP contribution in [0.15, 0.2) is 36.7 Å². The number of ether oxygens (including phenoxy) is 1. The first-order valence-electron chi connectivity index (χ1n) is 7.03. The third-order valence-electron chi connectivity index (χ3n) is 3.85. The van der Waals surface area contributed by atoms with Crippen molar-refractivity contribution in [2.75, 3.05) is 6.61 Å². The van der Waals surface area contributed by atoms with Crippen molar-refractivity contribution in [2.24, 2.45) is 0 Å². The van der Waals surface area contributed by atoms with E-state index in [0.29, 0.717) is 12.1 Å². The Morgan fingerprint density at radius 3 is 3.05 bits per heavy atom. The smallest absolute Gasteiger partial charge is 0.0604 e. The van der Waals surface area contributed by atoms with Crippen molar-refractivity contribution in [3.8, 4) is 0 Å². The van der Waals surface area contributed by atoms with Gasteiger partial charge >= 0.3 is 0 Å². The molecule has 0 unspecified atom stereocenters. The molecule has 1 aromatic carbocycles. The van der Waals surface area contributed by atoms with Gasteiger partial charge in [-0.05, 0) is 36.8 Å². The van der Waals surface area contributed by atoms with Crippen LogP contribution in [0.25, 0.3) is 10.8 Å². The van der Waals surface area contributed by atoms with E-state index < -0.39 is 0 Å². The van der Waals surface area contributed by atoms with Crippen molar-refractivity contribution in [3.63, 3.8) is 0 Å². The third kappa shape index (κ3) is 2.77. The zero-order valence-corrected chi connectivity index (χ0v) is 11.3. The Hall–Kier alpha value is -1.45. The standard InChI is InChI=1S/C16H20N2O/c1-2-19-15-8-14(9-15)18-11-13-5-3-4-12-10-17-7-6-16(12)13/h3-7,10,14-15,18H,2,8-9,11H2,1H3. The molecule has 3 nitrogen and oxygen atoms in total. The van der Waals surface area contributed by atoms with Crippen molar-refractivity contribution in [3.05, 3.63) is 42.2 Å². The van der Waals surface area contributed by atoms with E-state index in [2.05, 4.69) is 41.5 Å². The molecule has 0 amide bonds. The van der Waals surface area contributed by atoms with Gasteiger partial charge in [-0.3, -0.25) is 4.98 Å². The average Bonchev–Trinajstić information content (AvgIpc) is 2.41. The minimum atomic E-state index is 0.471. The lowest BCUT2D eigenvalue weighted by Crippen LogP contribution is -2.45. The number of rotatable bonds is 5. The lowest BCUT2D eigenvalue weighted by atomic mass is 9.89. The predicted octanol–water partition coefficient (Wildman–Crippen LogP) is 2.89. The van der Waals surface area contributed by atoms with Gasteiger partial charge in [-0.1, -0.05) is 18.2 Å². The van der Waals surface area contributed by atoms with E-state index in [1.54, 1.807) is 0 Å². The van der Waals surface area contributed by atoms with Crippen molar-refractivity contribution in [1.29, 1.82) is 0 Å².